The lowest BCUT2D eigenvalue weighted by molar-refractivity contribution is 0.620. The molecular formula is C57H34BN3OS2. The maximum Gasteiger partial charge on any atom is 0.241 e. The number of oxazole rings is 1. The molecule has 3 heterocycles. The molecule has 0 saturated carbocycles. The van der Waals surface area contributed by atoms with Crippen LogP contribution in [0.15, 0.2) is 211 Å². The number of benzene rings is 10. The van der Waals surface area contributed by atoms with Crippen molar-refractivity contribution in [2.75, 3.05) is 0 Å². The third-order valence-corrected chi connectivity index (χ3v) is 14.7. The predicted octanol–water partition coefficient (Wildman–Crippen LogP) is 13.7. The van der Waals surface area contributed by atoms with Crippen molar-refractivity contribution < 1.29 is 4.42 Å². The fourth-order valence-corrected chi connectivity index (χ4v) is 11.4. The van der Waals surface area contributed by atoms with Crippen LogP contribution < -0.4 is 16.4 Å². The summed E-state index contributed by atoms with van der Waals surface area (Å²) in [6.07, 6.45) is 0. The van der Waals surface area contributed by atoms with Gasteiger partial charge in [0.15, 0.2) is 5.58 Å². The Kier molecular flexibility index (Phi) is 8.64. The van der Waals surface area contributed by atoms with Crippen molar-refractivity contribution in [3.8, 4) is 43.7 Å². The maximum absolute atomic E-state index is 6.34. The molecule has 298 valence electrons. The topological polar surface area (TPSA) is 51.8 Å². The zero-order chi connectivity index (χ0) is 42.1. The Bertz CT molecular complexity index is 3770. The highest BCUT2D eigenvalue weighted by molar-refractivity contribution is 7.23. The molecule has 13 rings (SSSR count). The van der Waals surface area contributed by atoms with E-state index in [0.29, 0.717) is 5.89 Å². The Morgan fingerprint density at radius 1 is 0.375 bits per heavy atom. The molecule has 0 spiro atoms. The molecule has 0 N–H and O–H groups in total. The van der Waals surface area contributed by atoms with Gasteiger partial charge in [0.05, 0.1) is 20.4 Å². The summed E-state index contributed by atoms with van der Waals surface area (Å²) in [7, 11) is 0. The average molecular weight is 852 g/mol. The van der Waals surface area contributed by atoms with Gasteiger partial charge in [-0.3, -0.25) is 0 Å². The molecule has 7 heteroatoms. The van der Waals surface area contributed by atoms with Gasteiger partial charge in [0.1, 0.15) is 15.5 Å². The molecule has 0 atom stereocenters. The normalized spacial score (nSPS) is 11.8. The lowest BCUT2D eigenvalue weighted by Gasteiger charge is -2.17. The Balaban J connectivity index is 0.874. The van der Waals surface area contributed by atoms with Gasteiger partial charge >= 0.3 is 0 Å². The molecule has 0 saturated heterocycles. The zero-order valence-electron chi connectivity index (χ0n) is 34.3. The zero-order valence-corrected chi connectivity index (χ0v) is 35.9. The van der Waals surface area contributed by atoms with E-state index < -0.39 is 0 Å². The molecule has 0 bridgehead atoms. The summed E-state index contributed by atoms with van der Waals surface area (Å²) in [5.41, 5.74) is 12.9. The largest absolute Gasteiger partial charge is 0.436 e. The third-order valence-electron chi connectivity index (χ3n) is 12.5. The van der Waals surface area contributed by atoms with Crippen LogP contribution in [0.4, 0.5) is 0 Å². The molecule has 0 radical (unpaired) electrons. The third kappa shape index (κ3) is 6.31. The van der Waals surface area contributed by atoms with E-state index in [1.807, 2.05) is 6.07 Å². The van der Waals surface area contributed by atoms with Crippen molar-refractivity contribution >= 4 is 110 Å². The quantitative estimate of drug-likeness (QED) is 0.118. The minimum atomic E-state index is -0.0295. The summed E-state index contributed by atoms with van der Waals surface area (Å²) < 4.78 is 8.75. The van der Waals surface area contributed by atoms with Crippen LogP contribution in [0, 0.1) is 0 Å². The first-order chi connectivity index (χ1) is 31.7. The van der Waals surface area contributed by atoms with E-state index >= 15 is 0 Å². The molecule has 0 unspecified atom stereocenters. The van der Waals surface area contributed by atoms with Gasteiger partial charge in [0.25, 0.3) is 0 Å². The second-order valence-electron chi connectivity index (χ2n) is 16.3. The van der Waals surface area contributed by atoms with Gasteiger partial charge in [-0.1, -0.05) is 198 Å². The van der Waals surface area contributed by atoms with E-state index in [1.54, 1.807) is 22.7 Å². The fraction of sp³-hybridized carbons (Fsp3) is 0. The molecule has 4 nitrogen and oxygen atoms in total. The molecule has 0 amide bonds. The first kappa shape index (κ1) is 36.9. The van der Waals surface area contributed by atoms with Crippen LogP contribution in [0.5, 0.6) is 0 Å². The highest BCUT2D eigenvalue weighted by atomic mass is 32.1. The van der Waals surface area contributed by atoms with Crippen LogP contribution in [0.1, 0.15) is 0 Å². The summed E-state index contributed by atoms with van der Waals surface area (Å²) in [5, 5.41) is 9.26. The Morgan fingerprint density at radius 3 is 1.61 bits per heavy atom. The number of nitrogens with zero attached hydrogens (tertiary/aromatic N) is 3. The molecule has 0 aliphatic heterocycles. The SMILES string of the molecule is c1ccc(-c2ccc3nc(-c4ccc(B(c5ccc(-c6nc7cc8ccccc8cc7o6)cc5)c5ccc(-c6nc7c8ccccc8c8ccccc8c7s6)cc5)cc4)sc3c2)cc1. The summed E-state index contributed by atoms with van der Waals surface area (Å²) in [5.74, 6) is 0.616. The highest BCUT2D eigenvalue weighted by Crippen LogP contribution is 2.40. The van der Waals surface area contributed by atoms with Crippen LogP contribution in [0.25, 0.3) is 108 Å². The first-order valence-electron chi connectivity index (χ1n) is 21.4. The highest BCUT2D eigenvalue weighted by Gasteiger charge is 2.24. The van der Waals surface area contributed by atoms with Crippen LogP contribution in [-0.4, -0.2) is 21.7 Å². The van der Waals surface area contributed by atoms with Crippen molar-refractivity contribution in [2.24, 2.45) is 0 Å². The number of hydrogen-bond donors (Lipinski definition) is 0. The van der Waals surface area contributed by atoms with Crippen molar-refractivity contribution in [1.29, 1.82) is 0 Å². The Morgan fingerprint density at radius 2 is 0.922 bits per heavy atom. The summed E-state index contributed by atoms with van der Waals surface area (Å²) in [6, 6.07) is 73.6. The fourth-order valence-electron chi connectivity index (χ4n) is 9.28. The second kappa shape index (κ2) is 15.0. The van der Waals surface area contributed by atoms with Gasteiger partial charge in [0, 0.05) is 27.5 Å². The predicted molar refractivity (Wildman–Crippen MR) is 272 cm³/mol. The van der Waals surface area contributed by atoms with Gasteiger partial charge in [-0.2, -0.15) is 0 Å². The molecular weight excluding hydrogens is 818 g/mol. The van der Waals surface area contributed by atoms with Gasteiger partial charge < -0.3 is 4.42 Å². The van der Waals surface area contributed by atoms with Crippen LogP contribution in [-0.2, 0) is 0 Å². The summed E-state index contributed by atoms with van der Waals surface area (Å²) in [6.45, 7) is -0.0295. The lowest BCUT2D eigenvalue weighted by Crippen LogP contribution is -2.51. The van der Waals surface area contributed by atoms with Gasteiger partial charge in [0.2, 0.25) is 12.6 Å². The molecule has 3 aromatic heterocycles. The monoisotopic (exact) mass is 851 g/mol. The van der Waals surface area contributed by atoms with E-state index in [-0.39, 0.29) is 6.71 Å². The van der Waals surface area contributed by atoms with Crippen LogP contribution >= 0.6 is 22.7 Å². The minimum Gasteiger partial charge on any atom is -0.436 e. The Labute approximate surface area is 376 Å². The smallest absolute Gasteiger partial charge is 0.241 e. The number of rotatable bonds is 7. The van der Waals surface area contributed by atoms with E-state index in [0.717, 1.165) is 59.6 Å². The van der Waals surface area contributed by atoms with Crippen molar-refractivity contribution in [2.45, 2.75) is 0 Å². The van der Waals surface area contributed by atoms with E-state index in [4.69, 9.17) is 19.4 Å². The number of hydrogen-bond acceptors (Lipinski definition) is 6. The second-order valence-corrected chi connectivity index (χ2v) is 18.4. The Hall–Kier alpha value is -7.71. The number of thiazole rings is 2. The van der Waals surface area contributed by atoms with Crippen molar-refractivity contribution in [3.05, 3.63) is 206 Å². The molecule has 0 aliphatic rings. The van der Waals surface area contributed by atoms with Gasteiger partial charge in [-0.25, -0.2) is 15.0 Å². The first-order valence-corrected chi connectivity index (χ1v) is 23.1. The molecule has 64 heavy (non-hydrogen) atoms. The molecule has 13 aromatic rings. The van der Waals surface area contributed by atoms with Gasteiger partial charge in [-0.15, -0.1) is 22.7 Å². The lowest BCUT2D eigenvalue weighted by atomic mass is 9.37. The van der Waals surface area contributed by atoms with E-state index in [2.05, 4.69) is 200 Å². The minimum absolute atomic E-state index is 0.0295. The van der Waals surface area contributed by atoms with E-state index in [1.165, 1.54) is 58.5 Å². The van der Waals surface area contributed by atoms with Crippen molar-refractivity contribution in [1.82, 2.24) is 15.0 Å². The summed E-state index contributed by atoms with van der Waals surface area (Å²) >= 11 is 3.51. The number of aromatic nitrogens is 3. The van der Waals surface area contributed by atoms with Gasteiger partial charge in [-0.05, 0) is 56.9 Å². The van der Waals surface area contributed by atoms with Crippen LogP contribution in [0.2, 0.25) is 0 Å². The standard InChI is InChI=1S/C57H34BN3OS2/c1-2-10-35(11-3-1)41-24-31-49-52(34-41)63-56(60-49)37-20-27-43(28-21-37)58(42-25-18-36(19-26-42)55-59-50-32-39-12-4-5-13-40(39)33-51(50)62-55)44-29-22-38(23-30-44)57-61-53-47-16-8-6-14-45(47)46-15-7-9-17-48(46)54(53)64-57/h1-34H. The van der Waals surface area contributed by atoms with Crippen molar-refractivity contribution in [3.63, 3.8) is 0 Å². The molecule has 0 aliphatic carbocycles. The van der Waals surface area contributed by atoms with E-state index in [9.17, 15) is 0 Å². The van der Waals surface area contributed by atoms with Crippen LogP contribution in [0.3, 0.4) is 0 Å². The molecule has 0 fully saturated rings. The summed E-state index contributed by atoms with van der Waals surface area (Å²) in [4.78, 5) is 15.3. The average Bonchev–Trinajstić information content (AvgIpc) is 4.12. The number of fused-ring (bicyclic) bond motifs is 9. The molecule has 10 aromatic carbocycles. The maximum atomic E-state index is 6.34.